The summed E-state index contributed by atoms with van der Waals surface area (Å²) >= 11 is 2.02. The number of piperidine rings is 1. The van der Waals surface area contributed by atoms with Crippen LogP contribution in [0.3, 0.4) is 0 Å². The minimum Gasteiger partial charge on any atom is -0.312 e. The predicted octanol–water partition coefficient (Wildman–Crippen LogP) is 2.62. The Morgan fingerprint density at radius 2 is 1.75 bits per heavy atom. The first kappa shape index (κ1) is 10.7. The van der Waals surface area contributed by atoms with Gasteiger partial charge in [0, 0.05) is 18.6 Å². The molecule has 0 aliphatic carbocycles. The van der Waals surface area contributed by atoms with E-state index in [-0.39, 0.29) is 0 Å². The average molecular weight is 283 g/mol. The molecule has 0 N–H and O–H groups in total. The van der Waals surface area contributed by atoms with Crippen molar-refractivity contribution in [2.75, 3.05) is 13.1 Å². The van der Waals surface area contributed by atoms with Crippen molar-refractivity contribution in [2.24, 2.45) is 0 Å². The highest BCUT2D eigenvalue weighted by Gasteiger charge is 2.26. The maximum atomic E-state index is 5.30. The Bertz CT molecular complexity index is 136. The fourth-order valence-corrected chi connectivity index (χ4v) is 2.12. The molecule has 0 amide bonds. The first-order valence-corrected chi connectivity index (χ1v) is 5.44. The molecule has 0 bridgehead atoms. The van der Waals surface area contributed by atoms with Crippen molar-refractivity contribution in [3.05, 3.63) is 0 Å². The first-order chi connectivity index (χ1) is 5.54. The molecule has 0 aromatic rings. The number of likely N-dealkylation sites (tertiary alicyclic amines) is 1. The second-order valence-corrected chi connectivity index (χ2v) is 4.95. The molecule has 12 heavy (non-hydrogen) atoms. The van der Waals surface area contributed by atoms with Crippen LogP contribution in [0, 0.1) is 0 Å². The molecule has 1 rings (SSSR count). The van der Waals surface area contributed by atoms with Gasteiger partial charge in [-0.25, -0.2) is 0 Å². The fourth-order valence-electron chi connectivity index (χ4n) is 1.62. The van der Waals surface area contributed by atoms with Gasteiger partial charge in [-0.2, -0.15) is 0 Å². The zero-order chi connectivity index (χ0) is 9.19. The van der Waals surface area contributed by atoms with Gasteiger partial charge >= 0.3 is 0 Å². The van der Waals surface area contributed by atoms with E-state index in [2.05, 4.69) is 25.7 Å². The van der Waals surface area contributed by atoms with Crippen LogP contribution in [0.2, 0.25) is 0 Å². The van der Waals surface area contributed by atoms with E-state index in [1.165, 1.54) is 25.9 Å². The number of halogens is 1. The summed E-state index contributed by atoms with van der Waals surface area (Å²) in [4.78, 5) is 2.53. The molecule has 1 saturated heterocycles. The summed E-state index contributed by atoms with van der Waals surface area (Å²) in [7, 11) is 0. The maximum Gasteiger partial charge on any atom is 0.110 e. The van der Waals surface area contributed by atoms with E-state index >= 15 is 0 Å². The number of hydrogen-bond donors (Lipinski definition) is 0. The van der Waals surface area contributed by atoms with E-state index in [1.807, 2.05) is 23.0 Å². The zero-order valence-corrected chi connectivity index (χ0v) is 10.3. The topological polar surface area (TPSA) is 12.5 Å². The van der Waals surface area contributed by atoms with Crippen LogP contribution in [0.25, 0.3) is 0 Å². The standard InChI is InChI=1S/C9H18INO/c1-9(2,3)11-6-4-8(12-10)5-7-11/h8H,4-7H2,1-3H3. The van der Waals surface area contributed by atoms with Crippen LogP contribution >= 0.6 is 23.0 Å². The van der Waals surface area contributed by atoms with Crippen LogP contribution in [0.1, 0.15) is 33.6 Å². The van der Waals surface area contributed by atoms with Crippen molar-refractivity contribution < 1.29 is 3.07 Å². The van der Waals surface area contributed by atoms with Crippen molar-refractivity contribution in [3.8, 4) is 0 Å². The maximum absolute atomic E-state index is 5.30. The summed E-state index contributed by atoms with van der Waals surface area (Å²) in [5.74, 6) is 0. The SMILES string of the molecule is CC(C)(C)N1CCC(OI)CC1. The molecular weight excluding hydrogens is 265 g/mol. The molecule has 0 saturated carbocycles. The average Bonchev–Trinajstić information content (AvgIpc) is 2.03. The number of nitrogens with zero attached hydrogens (tertiary/aromatic N) is 1. The second kappa shape index (κ2) is 4.24. The van der Waals surface area contributed by atoms with E-state index in [0.717, 1.165) is 0 Å². The highest BCUT2D eigenvalue weighted by atomic mass is 127. The normalized spacial score (nSPS) is 23.0. The number of rotatable bonds is 1. The third-order valence-corrected chi connectivity index (χ3v) is 3.24. The summed E-state index contributed by atoms with van der Waals surface area (Å²) in [6.45, 7) is 9.18. The van der Waals surface area contributed by atoms with Gasteiger partial charge in [-0.1, -0.05) is 0 Å². The van der Waals surface area contributed by atoms with Crippen molar-refractivity contribution in [3.63, 3.8) is 0 Å². The lowest BCUT2D eigenvalue weighted by atomic mass is 10.00. The molecule has 1 aliphatic heterocycles. The van der Waals surface area contributed by atoms with Crippen LogP contribution in [0.15, 0.2) is 0 Å². The summed E-state index contributed by atoms with van der Waals surface area (Å²) in [5.41, 5.74) is 0.330. The van der Waals surface area contributed by atoms with Gasteiger partial charge in [0.05, 0.1) is 6.10 Å². The van der Waals surface area contributed by atoms with E-state index in [4.69, 9.17) is 3.07 Å². The van der Waals surface area contributed by atoms with E-state index < -0.39 is 0 Å². The third-order valence-electron chi connectivity index (χ3n) is 2.52. The monoisotopic (exact) mass is 283 g/mol. The van der Waals surface area contributed by atoms with Gasteiger partial charge in [0.2, 0.25) is 0 Å². The molecule has 1 heterocycles. The molecule has 72 valence electrons. The van der Waals surface area contributed by atoms with Crippen molar-refractivity contribution in [2.45, 2.75) is 45.3 Å². The second-order valence-electron chi connectivity index (χ2n) is 4.45. The summed E-state index contributed by atoms with van der Waals surface area (Å²) < 4.78 is 5.30. The summed E-state index contributed by atoms with van der Waals surface area (Å²) in [5, 5.41) is 0. The van der Waals surface area contributed by atoms with Crippen LogP contribution in [-0.4, -0.2) is 29.6 Å². The Morgan fingerprint density at radius 3 is 2.08 bits per heavy atom. The van der Waals surface area contributed by atoms with Gasteiger partial charge in [0.15, 0.2) is 0 Å². The van der Waals surface area contributed by atoms with E-state index in [9.17, 15) is 0 Å². The molecule has 0 spiro atoms. The lowest BCUT2D eigenvalue weighted by Crippen LogP contribution is -2.47. The molecule has 0 unspecified atom stereocenters. The molecule has 3 heteroatoms. The number of hydrogen-bond acceptors (Lipinski definition) is 2. The van der Waals surface area contributed by atoms with Crippen LogP contribution in [0.5, 0.6) is 0 Å². The largest absolute Gasteiger partial charge is 0.312 e. The Hall–Kier alpha value is 0.650. The Morgan fingerprint density at radius 1 is 1.25 bits per heavy atom. The van der Waals surface area contributed by atoms with Gasteiger partial charge in [-0.3, -0.25) is 4.90 Å². The van der Waals surface area contributed by atoms with Gasteiger partial charge in [0.25, 0.3) is 0 Å². The highest BCUT2D eigenvalue weighted by molar-refractivity contribution is 14.1. The smallest absolute Gasteiger partial charge is 0.110 e. The van der Waals surface area contributed by atoms with Gasteiger partial charge < -0.3 is 3.07 Å². The lowest BCUT2D eigenvalue weighted by Gasteiger charge is -2.40. The Balaban J connectivity index is 2.36. The first-order valence-electron chi connectivity index (χ1n) is 4.56. The zero-order valence-electron chi connectivity index (χ0n) is 8.14. The van der Waals surface area contributed by atoms with Crippen LogP contribution in [0.4, 0.5) is 0 Å². The van der Waals surface area contributed by atoms with Gasteiger partial charge in [0.1, 0.15) is 23.0 Å². The minimum absolute atomic E-state index is 0.330. The van der Waals surface area contributed by atoms with Crippen LogP contribution in [-0.2, 0) is 3.07 Å². The van der Waals surface area contributed by atoms with Crippen molar-refractivity contribution in [1.82, 2.24) is 4.90 Å². The van der Waals surface area contributed by atoms with Gasteiger partial charge in [-0.15, -0.1) is 0 Å². The molecule has 0 aromatic heterocycles. The minimum atomic E-state index is 0.330. The molecule has 0 radical (unpaired) electrons. The molecule has 0 atom stereocenters. The molecule has 1 fully saturated rings. The molecule has 0 aromatic carbocycles. The van der Waals surface area contributed by atoms with Crippen molar-refractivity contribution in [1.29, 1.82) is 0 Å². The van der Waals surface area contributed by atoms with E-state index in [0.29, 0.717) is 11.6 Å². The summed E-state index contributed by atoms with van der Waals surface area (Å²) in [6.07, 6.45) is 2.85. The predicted molar refractivity (Wildman–Crippen MR) is 59.5 cm³/mol. The van der Waals surface area contributed by atoms with Gasteiger partial charge in [-0.05, 0) is 33.6 Å². The Labute approximate surface area is 89.3 Å². The highest BCUT2D eigenvalue weighted by Crippen LogP contribution is 2.22. The van der Waals surface area contributed by atoms with Crippen molar-refractivity contribution >= 4 is 23.0 Å². The summed E-state index contributed by atoms with van der Waals surface area (Å²) in [6, 6.07) is 0. The quantitative estimate of drug-likeness (QED) is 0.686. The molecule has 2 nitrogen and oxygen atoms in total. The molecular formula is C9H18INO. The fraction of sp³-hybridized carbons (Fsp3) is 1.00. The lowest BCUT2D eigenvalue weighted by molar-refractivity contribution is 0.0658. The molecule has 1 aliphatic rings. The Kier molecular flexibility index (Phi) is 3.79. The third kappa shape index (κ3) is 2.85. The van der Waals surface area contributed by atoms with E-state index in [1.54, 1.807) is 0 Å². The van der Waals surface area contributed by atoms with Crippen LogP contribution < -0.4 is 0 Å².